The molecule has 0 radical (unpaired) electrons. The van der Waals surface area contributed by atoms with Crippen molar-refractivity contribution in [3.63, 3.8) is 0 Å². The van der Waals surface area contributed by atoms with Gasteiger partial charge in [0.15, 0.2) is 0 Å². The average molecular weight is 241 g/mol. The van der Waals surface area contributed by atoms with E-state index in [1.807, 2.05) is 4.90 Å². The van der Waals surface area contributed by atoms with Crippen LogP contribution in [0.5, 0.6) is 0 Å². The molecule has 17 heavy (non-hydrogen) atoms. The highest BCUT2D eigenvalue weighted by molar-refractivity contribution is 5.76. The highest BCUT2D eigenvalue weighted by Crippen LogP contribution is 2.33. The molecular weight excluding hydrogens is 214 g/mol. The Kier molecular flexibility index (Phi) is 5.96. The van der Waals surface area contributed by atoms with E-state index in [1.165, 1.54) is 6.42 Å². The minimum atomic E-state index is 0.263. The van der Waals surface area contributed by atoms with Gasteiger partial charge in [0, 0.05) is 19.7 Å². The molecule has 0 bridgehead atoms. The van der Waals surface area contributed by atoms with E-state index in [-0.39, 0.29) is 5.91 Å². The van der Waals surface area contributed by atoms with Gasteiger partial charge >= 0.3 is 0 Å². The number of amides is 1. The van der Waals surface area contributed by atoms with Crippen LogP contribution in [0.4, 0.5) is 0 Å². The van der Waals surface area contributed by atoms with Crippen molar-refractivity contribution in [2.75, 3.05) is 26.3 Å². The van der Waals surface area contributed by atoms with Crippen LogP contribution >= 0.6 is 0 Å². The van der Waals surface area contributed by atoms with Crippen LogP contribution in [0.3, 0.4) is 0 Å². The van der Waals surface area contributed by atoms with Crippen LogP contribution in [0.25, 0.3) is 0 Å². The van der Waals surface area contributed by atoms with Crippen LogP contribution in [0.2, 0.25) is 0 Å². The fraction of sp³-hybridized carbons (Fsp3) is 0.929. The summed E-state index contributed by atoms with van der Waals surface area (Å²) >= 11 is 0. The summed E-state index contributed by atoms with van der Waals surface area (Å²) in [7, 11) is 0. The molecule has 3 nitrogen and oxygen atoms in total. The van der Waals surface area contributed by atoms with Gasteiger partial charge in [0.25, 0.3) is 0 Å². The third-order valence-electron chi connectivity index (χ3n) is 3.99. The monoisotopic (exact) mass is 241 g/mol. The fourth-order valence-electron chi connectivity index (χ4n) is 2.21. The highest BCUT2D eigenvalue weighted by atomic mass is 16.5. The van der Waals surface area contributed by atoms with E-state index in [2.05, 4.69) is 20.8 Å². The lowest BCUT2D eigenvalue weighted by atomic mass is 9.78. The lowest BCUT2D eigenvalue weighted by molar-refractivity contribution is -0.134. The molecule has 0 spiro atoms. The second kappa shape index (κ2) is 7.00. The van der Waals surface area contributed by atoms with Gasteiger partial charge in [0.1, 0.15) is 0 Å². The second-order valence-electron chi connectivity index (χ2n) is 5.41. The second-order valence-corrected chi connectivity index (χ2v) is 5.41. The summed E-state index contributed by atoms with van der Waals surface area (Å²) in [4.78, 5) is 13.9. The number of nitrogens with zero attached hydrogens (tertiary/aromatic N) is 1. The molecule has 1 heterocycles. The van der Waals surface area contributed by atoms with Gasteiger partial charge in [-0.1, -0.05) is 27.2 Å². The zero-order valence-electron chi connectivity index (χ0n) is 11.6. The number of carbonyl (C=O) groups excluding carboxylic acids is 1. The van der Waals surface area contributed by atoms with E-state index in [0.29, 0.717) is 18.4 Å². The molecule has 1 aliphatic heterocycles. The maximum absolute atomic E-state index is 11.9. The quantitative estimate of drug-likeness (QED) is 0.669. The Morgan fingerprint density at radius 2 is 1.88 bits per heavy atom. The Balaban J connectivity index is 2.22. The number of hydrogen-bond acceptors (Lipinski definition) is 2. The molecule has 0 N–H and O–H groups in total. The maximum Gasteiger partial charge on any atom is 0.224 e. The van der Waals surface area contributed by atoms with Gasteiger partial charge in [-0.05, 0) is 24.7 Å². The van der Waals surface area contributed by atoms with Crippen molar-refractivity contribution in [3.8, 4) is 0 Å². The van der Waals surface area contributed by atoms with E-state index >= 15 is 0 Å². The summed E-state index contributed by atoms with van der Waals surface area (Å²) in [5.74, 6) is 0.263. The minimum absolute atomic E-state index is 0.263. The molecule has 1 aliphatic rings. The summed E-state index contributed by atoms with van der Waals surface area (Å²) in [6, 6.07) is 0. The van der Waals surface area contributed by atoms with Crippen LogP contribution in [0, 0.1) is 5.41 Å². The van der Waals surface area contributed by atoms with Crippen LogP contribution in [0.15, 0.2) is 0 Å². The van der Waals surface area contributed by atoms with E-state index in [1.54, 1.807) is 0 Å². The molecule has 0 saturated carbocycles. The third-order valence-corrected chi connectivity index (χ3v) is 3.99. The zero-order valence-corrected chi connectivity index (χ0v) is 11.6. The normalized spacial score (nSPS) is 19.4. The number of likely N-dealkylation sites (tertiary alicyclic amines) is 1. The smallest absolute Gasteiger partial charge is 0.224 e. The lowest BCUT2D eigenvalue weighted by Gasteiger charge is -2.39. The van der Waals surface area contributed by atoms with Gasteiger partial charge in [-0.2, -0.15) is 0 Å². The topological polar surface area (TPSA) is 29.5 Å². The number of rotatable bonds is 6. The molecule has 100 valence electrons. The summed E-state index contributed by atoms with van der Waals surface area (Å²) in [6.45, 7) is 9.86. The average Bonchev–Trinajstić information content (AvgIpc) is 2.35. The summed E-state index contributed by atoms with van der Waals surface area (Å²) < 4.78 is 5.36. The standard InChI is InChI=1S/C14H27NO2/c1-4-11-17-12-6-13(16)15-9-7-14(3,5-2)8-10-15/h4-12H2,1-3H3. The molecule has 3 heteroatoms. The van der Waals surface area contributed by atoms with Crippen molar-refractivity contribution in [3.05, 3.63) is 0 Å². The number of ether oxygens (including phenoxy) is 1. The van der Waals surface area contributed by atoms with Crippen molar-refractivity contribution >= 4 is 5.91 Å². The molecule has 1 saturated heterocycles. The van der Waals surface area contributed by atoms with Crippen LogP contribution in [-0.4, -0.2) is 37.1 Å². The first-order valence-corrected chi connectivity index (χ1v) is 6.97. The van der Waals surface area contributed by atoms with Crippen LogP contribution in [0.1, 0.15) is 52.9 Å². The summed E-state index contributed by atoms with van der Waals surface area (Å²) in [5.41, 5.74) is 0.454. The van der Waals surface area contributed by atoms with Gasteiger partial charge in [-0.15, -0.1) is 0 Å². The summed E-state index contributed by atoms with van der Waals surface area (Å²) in [6.07, 6.45) is 5.07. The van der Waals surface area contributed by atoms with Crippen molar-refractivity contribution in [1.82, 2.24) is 4.90 Å². The predicted molar refractivity (Wildman–Crippen MR) is 69.9 cm³/mol. The Labute approximate surface area is 106 Å². The molecule has 1 fully saturated rings. The Bertz CT molecular complexity index is 232. The first-order chi connectivity index (χ1) is 8.11. The fourth-order valence-corrected chi connectivity index (χ4v) is 2.21. The molecule has 0 atom stereocenters. The van der Waals surface area contributed by atoms with Gasteiger partial charge in [-0.3, -0.25) is 4.79 Å². The van der Waals surface area contributed by atoms with Crippen molar-refractivity contribution in [2.45, 2.75) is 52.9 Å². The lowest BCUT2D eigenvalue weighted by Crippen LogP contribution is -2.42. The SMILES string of the molecule is CCCOCCC(=O)N1CCC(C)(CC)CC1. The molecule has 0 unspecified atom stereocenters. The van der Waals surface area contributed by atoms with Gasteiger partial charge in [-0.25, -0.2) is 0 Å². The van der Waals surface area contributed by atoms with Crippen molar-refractivity contribution in [1.29, 1.82) is 0 Å². The predicted octanol–water partition coefficient (Wildman–Crippen LogP) is 2.84. The molecule has 1 amide bonds. The third kappa shape index (κ3) is 4.66. The summed E-state index contributed by atoms with van der Waals surface area (Å²) in [5, 5.41) is 0. The number of carbonyl (C=O) groups is 1. The molecule has 0 aromatic rings. The first kappa shape index (κ1) is 14.5. The van der Waals surface area contributed by atoms with Gasteiger partial charge < -0.3 is 9.64 Å². The Morgan fingerprint density at radius 1 is 1.24 bits per heavy atom. The molecule has 0 aromatic heterocycles. The van der Waals surface area contributed by atoms with Crippen molar-refractivity contribution in [2.24, 2.45) is 5.41 Å². The van der Waals surface area contributed by atoms with Crippen LogP contribution < -0.4 is 0 Å². The maximum atomic E-state index is 11.9. The van der Waals surface area contributed by atoms with E-state index < -0.39 is 0 Å². The van der Waals surface area contributed by atoms with Gasteiger partial charge in [0.2, 0.25) is 5.91 Å². The Morgan fingerprint density at radius 3 is 2.41 bits per heavy atom. The highest BCUT2D eigenvalue weighted by Gasteiger charge is 2.29. The molecular formula is C14H27NO2. The molecule has 0 aromatic carbocycles. The number of piperidine rings is 1. The number of hydrogen-bond donors (Lipinski definition) is 0. The zero-order chi connectivity index (χ0) is 12.7. The Hall–Kier alpha value is -0.570. The van der Waals surface area contributed by atoms with E-state index in [9.17, 15) is 4.79 Å². The minimum Gasteiger partial charge on any atom is -0.381 e. The molecule has 1 rings (SSSR count). The first-order valence-electron chi connectivity index (χ1n) is 6.97. The molecule has 0 aliphatic carbocycles. The van der Waals surface area contributed by atoms with Gasteiger partial charge in [0.05, 0.1) is 13.0 Å². The van der Waals surface area contributed by atoms with E-state index in [0.717, 1.165) is 39.0 Å². The largest absolute Gasteiger partial charge is 0.381 e. The van der Waals surface area contributed by atoms with Crippen molar-refractivity contribution < 1.29 is 9.53 Å². The van der Waals surface area contributed by atoms with E-state index in [4.69, 9.17) is 4.74 Å². The van der Waals surface area contributed by atoms with Crippen LogP contribution in [-0.2, 0) is 9.53 Å².